The fraction of sp³-hybridized carbons (Fsp3) is 0.167. The Morgan fingerprint density at radius 1 is 1.28 bits per heavy atom. The first kappa shape index (κ1) is 13.2. The van der Waals surface area contributed by atoms with Gasteiger partial charge >= 0.3 is 0 Å². The van der Waals surface area contributed by atoms with E-state index in [0.29, 0.717) is 11.8 Å². The maximum absolute atomic E-state index is 5.70. The molecule has 1 heterocycles. The van der Waals surface area contributed by atoms with E-state index in [0.717, 1.165) is 10.2 Å². The molecule has 0 fully saturated rings. The molecule has 0 saturated carbocycles. The van der Waals surface area contributed by atoms with Crippen LogP contribution in [-0.4, -0.2) is 23.3 Å². The Labute approximate surface area is 118 Å². The minimum atomic E-state index is 0.492. The number of ether oxygens (including phenoxy) is 1. The Balaban J connectivity index is 2.21. The van der Waals surface area contributed by atoms with E-state index in [9.17, 15) is 0 Å². The van der Waals surface area contributed by atoms with Crippen molar-refractivity contribution in [1.82, 2.24) is 9.97 Å². The van der Waals surface area contributed by atoms with Gasteiger partial charge in [-0.25, -0.2) is 4.98 Å². The monoisotopic (exact) mass is 325 g/mol. The van der Waals surface area contributed by atoms with Crippen LogP contribution in [0.1, 0.15) is 0 Å². The van der Waals surface area contributed by atoms with Crippen LogP contribution in [0.2, 0.25) is 0 Å². The molecule has 1 N–H and O–H groups in total. The van der Waals surface area contributed by atoms with Crippen LogP contribution in [0.3, 0.4) is 0 Å². The van der Waals surface area contributed by atoms with Crippen LogP contribution in [0.5, 0.6) is 11.6 Å². The minimum Gasteiger partial charge on any atom is -0.438 e. The highest BCUT2D eigenvalue weighted by Gasteiger charge is 2.06. The molecule has 6 heteroatoms. The maximum Gasteiger partial charge on any atom is 0.238 e. The molecule has 0 aliphatic heterocycles. The summed E-state index contributed by atoms with van der Waals surface area (Å²) in [7, 11) is 1.76. The van der Waals surface area contributed by atoms with E-state index in [1.807, 2.05) is 30.5 Å². The van der Waals surface area contributed by atoms with Gasteiger partial charge in [-0.05, 0) is 46.5 Å². The molecule has 0 bridgehead atoms. The Hall–Kier alpha value is -1.27. The number of benzene rings is 1. The van der Waals surface area contributed by atoms with Crippen molar-refractivity contribution in [3.05, 3.63) is 34.9 Å². The van der Waals surface area contributed by atoms with Crippen molar-refractivity contribution < 1.29 is 4.74 Å². The zero-order chi connectivity index (χ0) is 13.0. The summed E-state index contributed by atoms with van der Waals surface area (Å²) in [4.78, 5) is 9.50. The molecular formula is C12H12BrN3OS. The second-order valence-electron chi connectivity index (χ2n) is 3.37. The van der Waals surface area contributed by atoms with E-state index < -0.39 is 0 Å². The number of rotatable bonds is 4. The molecule has 18 heavy (non-hydrogen) atoms. The molecular weight excluding hydrogens is 314 g/mol. The largest absolute Gasteiger partial charge is 0.438 e. The van der Waals surface area contributed by atoms with Crippen molar-refractivity contribution in [3.63, 3.8) is 0 Å². The SMILES string of the molecule is CNc1ncc(Br)c(Oc2ccc(SC)cc2)n1. The summed E-state index contributed by atoms with van der Waals surface area (Å²) in [5, 5.41) is 2.87. The summed E-state index contributed by atoms with van der Waals surface area (Å²) >= 11 is 5.06. The van der Waals surface area contributed by atoms with Gasteiger partial charge in [0.25, 0.3) is 0 Å². The van der Waals surface area contributed by atoms with Gasteiger partial charge in [0.1, 0.15) is 5.75 Å². The first-order valence-corrected chi connectivity index (χ1v) is 7.27. The average molecular weight is 326 g/mol. The summed E-state index contributed by atoms with van der Waals surface area (Å²) in [5.41, 5.74) is 0. The Bertz CT molecular complexity index is 533. The molecule has 2 rings (SSSR count). The standard InChI is InChI=1S/C12H12BrN3OS/c1-14-12-15-7-10(13)11(16-12)17-8-3-5-9(18-2)6-4-8/h3-7H,1-2H3,(H,14,15,16). The Morgan fingerprint density at radius 2 is 2.00 bits per heavy atom. The molecule has 0 saturated heterocycles. The molecule has 0 atom stereocenters. The van der Waals surface area contributed by atoms with Gasteiger partial charge in [-0.2, -0.15) is 4.98 Å². The zero-order valence-corrected chi connectivity index (χ0v) is 12.4. The fourth-order valence-electron chi connectivity index (χ4n) is 1.30. The van der Waals surface area contributed by atoms with Crippen molar-refractivity contribution in [2.75, 3.05) is 18.6 Å². The maximum atomic E-state index is 5.70. The van der Waals surface area contributed by atoms with Crippen molar-refractivity contribution in [2.45, 2.75) is 4.90 Å². The molecule has 1 aromatic heterocycles. The van der Waals surface area contributed by atoms with Crippen molar-refractivity contribution in [1.29, 1.82) is 0 Å². The molecule has 0 spiro atoms. The molecule has 0 amide bonds. The minimum absolute atomic E-state index is 0.492. The number of hydrogen-bond acceptors (Lipinski definition) is 5. The number of hydrogen-bond donors (Lipinski definition) is 1. The highest BCUT2D eigenvalue weighted by Crippen LogP contribution is 2.28. The topological polar surface area (TPSA) is 47.0 Å². The van der Waals surface area contributed by atoms with Gasteiger partial charge in [0, 0.05) is 11.9 Å². The normalized spacial score (nSPS) is 10.2. The number of nitrogens with one attached hydrogen (secondary N) is 1. The number of thioether (sulfide) groups is 1. The van der Waals surface area contributed by atoms with Gasteiger partial charge in [0.15, 0.2) is 0 Å². The summed E-state index contributed by atoms with van der Waals surface area (Å²) in [6.07, 6.45) is 3.69. The van der Waals surface area contributed by atoms with E-state index in [-0.39, 0.29) is 0 Å². The quantitative estimate of drug-likeness (QED) is 0.866. The molecule has 94 valence electrons. The van der Waals surface area contributed by atoms with Gasteiger partial charge in [-0.15, -0.1) is 11.8 Å². The summed E-state index contributed by atoms with van der Waals surface area (Å²) in [6.45, 7) is 0. The third-order valence-corrected chi connectivity index (χ3v) is 3.50. The van der Waals surface area contributed by atoms with Crippen LogP contribution in [0.4, 0.5) is 5.95 Å². The number of aromatic nitrogens is 2. The third-order valence-electron chi connectivity index (χ3n) is 2.21. The zero-order valence-electron chi connectivity index (χ0n) is 9.98. The second kappa shape index (κ2) is 6.06. The average Bonchev–Trinajstić information content (AvgIpc) is 2.42. The smallest absolute Gasteiger partial charge is 0.238 e. The lowest BCUT2D eigenvalue weighted by Crippen LogP contribution is -1.98. The number of halogens is 1. The predicted octanol–water partition coefficient (Wildman–Crippen LogP) is 3.80. The lowest BCUT2D eigenvalue weighted by atomic mass is 10.3. The van der Waals surface area contributed by atoms with Crippen molar-refractivity contribution >= 4 is 33.6 Å². The first-order chi connectivity index (χ1) is 8.72. The van der Waals surface area contributed by atoms with Gasteiger partial charge in [-0.3, -0.25) is 0 Å². The molecule has 0 radical (unpaired) electrons. The van der Waals surface area contributed by atoms with E-state index >= 15 is 0 Å². The molecule has 1 aromatic carbocycles. The van der Waals surface area contributed by atoms with E-state index in [4.69, 9.17) is 4.74 Å². The summed E-state index contributed by atoms with van der Waals surface area (Å²) in [6, 6.07) is 7.85. The van der Waals surface area contributed by atoms with Crippen LogP contribution >= 0.6 is 27.7 Å². The van der Waals surface area contributed by atoms with Crippen LogP contribution < -0.4 is 10.1 Å². The molecule has 2 aromatic rings. The van der Waals surface area contributed by atoms with Gasteiger partial charge < -0.3 is 10.1 Å². The lowest BCUT2D eigenvalue weighted by Gasteiger charge is -2.08. The van der Waals surface area contributed by atoms with Crippen molar-refractivity contribution in [2.24, 2.45) is 0 Å². The van der Waals surface area contributed by atoms with Gasteiger partial charge in [0.2, 0.25) is 11.8 Å². The number of nitrogens with zero attached hydrogens (tertiary/aromatic N) is 2. The van der Waals surface area contributed by atoms with Crippen LogP contribution in [0, 0.1) is 0 Å². The summed E-state index contributed by atoms with van der Waals surface area (Å²) < 4.78 is 6.42. The van der Waals surface area contributed by atoms with E-state index in [1.54, 1.807) is 25.0 Å². The Morgan fingerprint density at radius 3 is 2.61 bits per heavy atom. The van der Waals surface area contributed by atoms with E-state index in [2.05, 4.69) is 31.2 Å². The van der Waals surface area contributed by atoms with Crippen molar-refractivity contribution in [3.8, 4) is 11.6 Å². The van der Waals surface area contributed by atoms with Crippen LogP contribution in [-0.2, 0) is 0 Å². The lowest BCUT2D eigenvalue weighted by molar-refractivity contribution is 0.458. The molecule has 0 aliphatic rings. The van der Waals surface area contributed by atoms with E-state index in [1.165, 1.54) is 4.90 Å². The second-order valence-corrected chi connectivity index (χ2v) is 5.11. The highest BCUT2D eigenvalue weighted by molar-refractivity contribution is 9.10. The highest BCUT2D eigenvalue weighted by atomic mass is 79.9. The molecule has 4 nitrogen and oxygen atoms in total. The van der Waals surface area contributed by atoms with Gasteiger partial charge in [-0.1, -0.05) is 0 Å². The molecule has 0 aliphatic carbocycles. The van der Waals surface area contributed by atoms with Crippen LogP contribution in [0.15, 0.2) is 39.8 Å². The van der Waals surface area contributed by atoms with Gasteiger partial charge in [0.05, 0.1) is 10.7 Å². The molecule has 0 unspecified atom stereocenters. The summed E-state index contributed by atoms with van der Waals surface area (Å²) in [5.74, 6) is 1.76. The first-order valence-electron chi connectivity index (χ1n) is 5.25. The third kappa shape index (κ3) is 3.14. The number of anilines is 1. The predicted molar refractivity (Wildman–Crippen MR) is 77.6 cm³/mol. The fourth-order valence-corrected chi connectivity index (χ4v) is 1.98. The Kier molecular flexibility index (Phi) is 4.43. The van der Waals surface area contributed by atoms with Crippen LogP contribution in [0.25, 0.3) is 0 Å².